The van der Waals surface area contributed by atoms with E-state index in [1.807, 2.05) is 6.07 Å². The van der Waals surface area contributed by atoms with Crippen molar-refractivity contribution in [3.63, 3.8) is 0 Å². The summed E-state index contributed by atoms with van der Waals surface area (Å²) in [6.07, 6.45) is 5.12. The maximum atomic E-state index is 10.4. The summed E-state index contributed by atoms with van der Waals surface area (Å²) in [6, 6.07) is 19.2. The lowest BCUT2D eigenvalue weighted by molar-refractivity contribution is -0.137. The van der Waals surface area contributed by atoms with Crippen molar-refractivity contribution in [2.45, 2.75) is 38.5 Å². The van der Waals surface area contributed by atoms with Gasteiger partial charge in [0.25, 0.3) is 0 Å². The standard InChI is InChI=1S/C19H22O2/c20-19(21)10-6-2-3-7-16-11-13-18(14-12-16)15-17-8-4-1-5-9-17/h1,4-5,8-9,11-14H,2-3,6-7,10,15H2,(H,20,21). The maximum Gasteiger partial charge on any atom is 0.303 e. The van der Waals surface area contributed by atoms with Crippen LogP contribution in [0.3, 0.4) is 0 Å². The van der Waals surface area contributed by atoms with E-state index < -0.39 is 5.97 Å². The van der Waals surface area contributed by atoms with Gasteiger partial charge in [0.05, 0.1) is 0 Å². The molecule has 1 N–H and O–H groups in total. The Bertz CT molecular complexity index is 544. The summed E-state index contributed by atoms with van der Waals surface area (Å²) >= 11 is 0. The van der Waals surface area contributed by atoms with E-state index >= 15 is 0 Å². The Labute approximate surface area is 126 Å². The van der Waals surface area contributed by atoms with Crippen molar-refractivity contribution >= 4 is 5.97 Å². The van der Waals surface area contributed by atoms with E-state index in [9.17, 15) is 4.79 Å². The highest BCUT2D eigenvalue weighted by Crippen LogP contribution is 2.13. The Morgan fingerprint density at radius 1 is 0.762 bits per heavy atom. The number of carbonyl (C=O) groups is 1. The van der Waals surface area contributed by atoms with Crippen LogP contribution in [0.2, 0.25) is 0 Å². The molecule has 0 fully saturated rings. The molecule has 0 aliphatic rings. The molecule has 2 heteroatoms. The van der Waals surface area contributed by atoms with Gasteiger partial charge in [0.2, 0.25) is 0 Å². The molecule has 21 heavy (non-hydrogen) atoms. The molecule has 2 aromatic carbocycles. The molecule has 0 radical (unpaired) electrons. The topological polar surface area (TPSA) is 37.3 Å². The molecule has 0 saturated carbocycles. The van der Waals surface area contributed by atoms with Gasteiger partial charge in [0.1, 0.15) is 0 Å². The molecular weight excluding hydrogens is 260 g/mol. The molecule has 0 heterocycles. The van der Waals surface area contributed by atoms with Crippen molar-refractivity contribution in [3.05, 3.63) is 71.3 Å². The van der Waals surface area contributed by atoms with E-state index in [0.29, 0.717) is 0 Å². The van der Waals surface area contributed by atoms with Gasteiger partial charge in [0, 0.05) is 6.42 Å². The Balaban J connectivity index is 1.75. The first-order valence-electron chi connectivity index (χ1n) is 7.57. The minimum absolute atomic E-state index is 0.288. The third-order valence-corrected chi connectivity index (χ3v) is 3.63. The van der Waals surface area contributed by atoms with E-state index in [1.54, 1.807) is 0 Å². The van der Waals surface area contributed by atoms with Gasteiger partial charge in [-0.1, -0.05) is 61.0 Å². The fraction of sp³-hybridized carbons (Fsp3) is 0.316. The molecule has 0 spiro atoms. The first-order valence-corrected chi connectivity index (χ1v) is 7.57. The van der Waals surface area contributed by atoms with E-state index in [-0.39, 0.29) is 6.42 Å². The predicted octanol–water partition coefficient (Wildman–Crippen LogP) is 4.46. The zero-order chi connectivity index (χ0) is 14.9. The summed E-state index contributed by atoms with van der Waals surface area (Å²) < 4.78 is 0. The van der Waals surface area contributed by atoms with E-state index in [0.717, 1.165) is 32.1 Å². The van der Waals surface area contributed by atoms with Gasteiger partial charge in [-0.25, -0.2) is 0 Å². The summed E-state index contributed by atoms with van der Waals surface area (Å²) in [7, 11) is 0. The number of carboxylic acids is 1. The molecular formula is C19H22O2. The van der Waals surface area contributed by atoms with Crippen LogP contribution in [0.1, 0.15) is 42.4 Å². The second-order valence-corrected chi connectivity index (χ2v) is 5.43. The number of carboxylic acid groups (broad SMARTS) is 1. The summed E-state index contributed by atoms with van der Waals surface area (Å²) in [4.78, 5) is 10.4. The minimum atomic E-state index is -0.694. The molecule has 0 aromatic heterocycles. The third kappa shape index (κ3) is 5.82. The van der Waals surface area contributed by atoms with Crippen LogP contribution in [-0.2, 0) is 17.6 Å². The van der Waals surface area contributed by atoms with E-state index in [2.05, 4.69) is 48.5 Å². The van der Waals surface area contributed by atoms with Crippen LogP contribution in [0.25, 0.3) is 0 Å². The molecule has 2 rings (SSSR count). The number of rotatable bonds is 8. The van der Waals surface area contributed by atoms with Gasteiger partial charge < -0.3 is 5.11 Å². The zero-order valence-electron chi connectivity index (χ0n) is 12.3. The van der Waals surface area contributed by atoms with Crippen molar-refractivity contribution in [3.8, 4) is 0 Å². The van der Waals surface area contributed by atoms with Crippen molar-refractivity contribution in [2.24, 2.45) is 0 Å². The molecule has 0 aliphatic heterocycles. The number of hydrogen-bond donors (Lipinski definition) is 1. The quantitative estimate of drug-likeness (QED) is 0.725. The SMILES string of the molecule is O=C(O)CCCCCc1ccc(Cc2ccccc2)cc1. The Hall–Kier alpha value is -2.09. The van der Waals surface area contributed by atoms with Crippen molar-refractivity contribution in [1.82, 2.24) is 0 Å². The summed E-state index contributed by atoms with van der Waals surface area (Å²) in [6.45, 7) is 0. The molecule has 0 amide bonds. The second kappa shape index (κ2) is 8.25. The fourth-order valence-corrected chi connectivity index (χ4v) is 2.44. The van der Waals surface area contributed by atoms with Crippen molar-refractivity contribution < 1.29 is 9.90 Å². The van der Waals surface area contributed by atoms with Crippen LogP contribution in [-0.4, -0.2) is 11.1 Å². The number of aryl methyl sites for hydroxylation is 1. The van der Waals surface area contributed by atoms with Crippen LogP contribution in [0.15, 0.2) is 54.6 Å². The number of unbranched alkanes of at least 4 members (excludes halogenated alkanes) is 2. The predicted molar refractivity (Wildman–Crippen MR) is 85.5 cm³/mol. The molecule has 0 bridgehead atoms. The van der Waals surface area contributed by atoms with Gasteiger partial charge in [-0.15, -0.1) is 0 Å². The summed E-state index contributed by atoms with van der Waals surface area (Å²) in [5.74, 6) is -0.694. The summed E-state index contributed by atoms with van der Waals surface area (Å²) in [5, 5.41) is 8.58. The lowest BCUT2D eigenvalue weighted by Crippen LogP contribution is -1.94. The molecule has 0 atom stereocenters. The fourth-order valence-electron chi connectivity index (χ4n) is 2.44. The zero-order valence-corrected chi connectivity index (χ0v) is 12.3. The summed E-state index contributed by atoms with van der Waals surface area (Å²) in [5.41, 5.74) is 4.00. The second-order valence-electron chi connectivity index (χ2n) is 5.43. The van der Waals surface area contributed by atoms with Crippen LogP contribution in [0.5, 0.6) is 0 Å². The third-order valence-electron chi connectivity index (χ3n) is 3.63. The van der Waals surface area contributed by atoms with Crippen LogP contribution in [0, 0.1) is 0 Å². The van der Waals surface area contributed by atoms with Crippen LogP contribution < -0.4 is 0 Å². The van der Waals surface area contributed by atoms with Gasteiger partial charge in [-0.2, -0.15) is 0 Å². The van der Waals surface area contributed by atoms with Gasteiger partial charge in [-0.05, 0) is 42.4 Å². The average molecular weight is 282 g/mol. The van der Waals surface area contributed by atoms with Gasteiger partial charge in [-0.3, -0.25) is 4.79 Å². The Kier molecular flexibility index (Phi) is 6.01. The lowest BCUT2D eigenvalue weighted by Gasteiger charge is -2.05. The van der Waals surface area contributed by atoms with Crippen molar-refractivity contribution in [2.75, 3.05) is 0 Å². The minimum Gasteiger partial charge on any atom is -0.481 e. The molecule has 0 saturated heterocycles. The number of hydrogen-bond acceptors (Lipinski definition) is 1. The number of benzene rings is 2. The smallest absolute Gasteiger partial charge is 0.303 e. The highest BCUT2D eigenvalue weighted by molar-refractivity contribution is 5.66. The maximum absolute atomic E-state index is 10.4. The average Bonchev–Trinajstić information content (AvgIpc) is 2.49. The molecule has 110 valence electrons. The van der Waals surface area contributed by atoms with Crippen molar-refractivity contribution in [1.29, 1.82) is 0 Å². The molecule has 2 aromatic rings. The van der Waals surface area contributed by atoms with Gasteiger partial charge in [0.15, 0.2) is 0 Å². The first kappa shape index (κ1) is 15.3. The Morgan fingerprint density at radius 2 is 1.38 bits per heavy atom. The largest absolute Gasteiger partial charge is 0.481 e. The highest BCUT2D eigenvalue weighted by Gasteiger charge is 1.99. The van der Waals surface area contributed by atoms with Crippen LogP contribution in [0.4, 0.5) is 0 Å². The molecule has 0 aliphatic carbocycles. The molecule has 0 unspecified atom stereocenters. The lowest BCUT2D eigenvalue weighted by atomic mass is 10.0. The normalized spacial score (nSPS) is 10.5. The molecule has 2 nitrogen and oxygen atoms in total. The van der Waals surface area contributed by atoms with E-state index in [4.69, 9.17) is 5.11 Å². The Morgan fingerprint density at radius 3 is 2.05 bits per heavy atom. The van der Waals surface area contributed by atoms with E-state index in [1.165, 1.54) is 16.7 Å². The first-order chi connectivity index (χ1) is 10.2. The highest BCUT2D eigenvalue weighted by atomic mass is 16.4. The van der Waals surface area contributed by atoms with Crippen LogP contribution >= 0.6 is 0 Å². The van der Waals surface area contributed by atoms with Gasteiger partial charge >= 0.3 is 5.97 Å². The monoisotopic (exact) mass is 282 g/mol. The number of aliphatic carboxylic acids is 1.